The van der Waals surface area contributed by atoms with E-state index in [2.05, 4.69) is 5.43 Å². The molecule has 0 unspecified atom stereocenters. The number of hydrazine groups is 1. The van der Waals surface area contributed by atoms with Crippen LogP contribution in [0, 0.1) is 0 Å². The summed E-state index contributed by atoms with van der Waals surface area (Å²) in [5.74, 6) is -0.966. The molecule has 2 saturated heterocycles. The molecular formula is C15H11N3O3S4. The fraction of sp³-hybridized carbons (Fsp3) is 0.133. The predicted octanol–water partition coefficient (Wildman–Crippen LogP) is 1.78. The molecule has 0 atom stereocenters. The molecule has 25 heavy (non-hydrogen) atoms. The van der Waals surface area contributed by atoms with Crippen LogP contribution in [0.25, 0.3) is 6.08 Å². The summed E-state index contributed by atoms with van der Waals surface area (Å²) in [6.45, 7) is -0.270. The molecule has 1 N–H and O–H groups in total. The summed E-state index contributed by atoms with van der Waals surface area (Å²) in [7, 11) is 0. The molecule has 3 amide bonds. The molecule has 2 heterocycles. The molecule has 0 aliphatic carbocycles. The van der Waals surface area contributed by atoms with E-state index in [0.717, 1.165) is 22.3 Å². The average Bonchev–Trinajstić information content (AvgIpc) is 3.03. The van der Waals surface area contributed by atoms with Crippen molar-refractivity contribution < 1.29 is 14.4 Å². The van der Waals surface area contributed by atoms with Gasteiger partial charge in [-0.2, -0.15) is 0 Å². The molecule has 0 saturated carbocycles. The first kappa shape index (κ1) is 18.1. The number of benzene rings is 1. The van der Waals surface area contributed by atoms with E-state index in [4.69, 9.17) is 24.4 Å². The Bertz CT molecular complexity index is 793. The van der Waals surface area contributed by atoms with Gasteiger partial charge in [-0.3, -0.25) is 24.7 Å². The number of amides is 3. The molecule has 0 aromatic heterocycles. The maximum Gasteiger partial charge on any atom is 0.266 e. The Morgan fingerprint density at radius 2 is 1.92 bits per heavy atom. The lowest BCUT2D eigenvalue weighted by Gasteiger charge is -2.19. The second kappa shape index (κ2) is 7.65. The lowest BCUT2D eigenvalue weighted by Crippen LogP contribution is -2.49. The van der Waals surface area contributed by atoms with E-state index in [1.807, 2.05) is 30.3 Å². The molecule has 2 fully saturated rings. The maximum absolute atomic E-state index is 12.5. The summed E-state index contributed by atoms with van der Waals surface area (Å²) >= 11 is 12.5. The largest absolute Gasteiger partial charge is 0.283 e. The highest BCUT2D eigenvalue weighted by atomic mass is 32.2. The third-order valence-corrected chi connectivity index (χ3v) is 5.99. The zero-order valence-corrected chi connectivity index (χ0v) is 15.9. The zero-order chi connectivity index (χ0) is 18.0. The van der Waals surface area contributed by atoms with E-state index in [1.165, 1.54) is 16.7 Å². The molecule has 3 rings (SSSR count). The first-order chi connectivity index (χ1) is 12.0. The topological polar surface area (TPSA) is 69.7 Å². The standard InChI is InChI=1S/C15H11N3O3S4/c19-11(16-18-12(20)8-24-15(18)23)7-17-13(21)10(25-14(17)22)6-9-4-2-1-3-5-9/h1-6H,7-8H2,(H,16,19)/b10-6+. The van der Waals surface area contributed by atoms with Crippen molar-refractivity contribution in [2.24, 2.45) is 0 Å². The predicted molar refractivity (Wildman–Crippen MR) is 106 cm³/mol. The van der Waals surface area contributed by atoms with Gasteiger partial charge in [-0.25, -0.2) is 5.01 Å². The molecule has 128 valence electrons. The molecule has 2 aliphatic rings. The highest BCUT2D eigenvalue weighted by molar-refractivity contribution is 8.26. The summed E-state index contributed by atoms with van der Waals surface area (Å²) in [5, 5.41) is 1.03. The molecule has 2 aliphatic heterocycles. The van der Waals surface area contributed by atoms with E-state index in [9.17, 15) is 14.4 Å². The Hall–Kier alpha value is -1.75. The lowest BCUT2D eigenvalue weighted by atomic mass is 10.2. The van der Waals surface area contributed by atoms with Gasteiger partial charge in [0, 0.05) is 0 Å². The van der Waals surface area contributed by atoms with Crippen molar-refractivity contribution in [1.82, 2.24) is 15.3 Å². The van der Waals surface area contributed by atoms with Crippen molar-refractivity contribution in [3.8, 4) is 0 Å². The fourth-order valence-corrected chi connectivity index (χ4v) is 4.33. The van der Waals surface area contributed by atoms with Crippen molar-refractivity contribution in [2.75, 3.05) is 12.3 Å². The van der Waals surface area contributed by atoms with Crippen LogP contribution in [-0.2, 0) is 14.4 Å². The Morgan fingerprint density at radius 3 is 2.56 bits per heavy atom. The number of rotatable bonds is 4. The van der Waals surface area contributed by atoms with E-state index in [-0.39, 0.29) is 28.4 Å². The molecule has 0 spiro atoms. The number of carbonyl (C=O) groups is 3. The summed E-state index contributed by atoms with van der Waals surface area (Å²) in [4.78, 5) is 37.9. The second-order valence-corrected chi connectivity index (χ2v) is 8.28. The van der Waals surface area contributed by atoms with Crippen LogP contribution in [0.15, 0.2) is 35.2 Å². The van der Waals surface area contributed by atoms with E-state index in [1.54, 1.807) is 6.08 Å². The van der Waals surface area contributed by atoms with Crippen LogP contribution in [0.5, 0.6) is 0 Å². The molecule has 10 heteroatoms. The number of nitrogens with zero attached hydrogens (tertiary/aromatic N) is 2. The first-order valence-corrected chi connectivity index (χ1v) is 9.67. The molecule has 1 aromatic rings. The van der Waals surface area contributed by atoms with Crippen molar-refractivity contribution in [3.63, 3.8) is 0 Å². The van der Waals surface area contributed by atoms with Crippen molar-refractivity contribution in [2.45, 2.75) is 0 Å². The van der Waals surface area contributed by atoms with E-state index >= 15 is 0 Å². The Balaban J connectivity index is 1.67. The SMILES string of the molecule is O=C(CN1C(=O)/C(=C\c2ccccc2)SC1=S)NN1C(=O)CSC1=S. The van der Waals surface area contributed by atoms with Gasteiger partial charge in [0.25, 0.3) is 17.7 Å². The smallest absolute Gasteiger partial charge is 0.266 e. The van der Waals surface area contributed by atoms with Crippen LogP contribution in [-0.4, -0.2) is 48.6 Å². The van der Waals surface area contributed by atoms with Gasteiger partial charge in [-0.15, -0.1) is 0 Å². The summed E-state index contributed by atoms with van der Waals surface area (Å²) in [6, 6.07) is 9.37. The van der Waals surface area contributed by atoms with Gasteiger partial charge in [0.05, 0.1) is 10.7 Å². The number of thiocarbonyl (C=S) groups is 2. The normalized spacial score (nSPS) is 19.3. The summed E-state index contributed by atoms with van der Waals surface area (Å²) in [5.41, 5.74) is 3.28. The third-order valence-electron chi connectivity index (χ3n) is 3.26. The number of hydrogen-bond donors (Lipinski definition) is 1. The average molecular weight is 410 g/mol. The molecule has 6 nitrogen and oxygen atoms in total. The van der Waals surface area contributed by atoms with Gasteiger partial charge in [0.2, 0.25) is 0 Å². The van der Waals surface area contributed by atoms with Crippen molar-refractivity contribution in [1.29, 1.82) is 0 Å². The maximum atomic E-state index is 12.5. The minimum absolute atomic E-state index is 0.194. The molecular weight excluding hydrogens is 398 g/mol. The van der Waals surface area contributed by atoms with Crippen LogP contribution in [0.4, 0.5) is 0 Å². The number of carbonyl (C=O) groups excluding carboxylic acids is 3. The van der Waals surface area contributed by atoms with E-state index < -0.39 is 5.91 Å². The minimum Gasteiger partial charge on any atom is -0.283 e. The number of hydrogen-bond acceptors (Lipinski definition) is 7. The molecule has 0 radical (unpaired) electrons. The van der Waals surface area contributed by atoms with Crippen LogP contribution >= 0.6 is 48.0 Å². The monoisotopic (exact) mass is 409 g/mol. The van der Waals surface area contributed by atoms with Crippen LogP contribution in [0.2, 0.25) is 0 Å². The van der Waals surface area contributed by atoms with Gasteiger partial charge in [-0.1, -0.05) is 78.3 Å². The van der Waals surface area contributed by atoms with Gasteiger partial charge < -0.3 is 0 Å². The fourth-order valence-electron chi connectivity index (χ4n) is 2.10. The number of nitrogens with one attached hydrogen (secondary N) is 1. The summed E-state index contributed by atoms with van der Waals surface area (Å²) < 4.78 is 0.583. The van der Waals surface area contributed by atoms with Crippen LogP contribution in [0.3, 0.4) is 0 Å². The van der Waals surface area contributed by atoms with Gasteiger partial charge in [0.1, 0.15) is 10.9 Å². The highest BCUT2D eigenvalue weighted by Gasteiger charge is 2.35. The van der Waals surface area contributed by atoms with Gasteiger partial charge >= 0.3 is 0 Å². The Kier molecular flexibility index (Phi) is 5.52. The Morgan fingerprint density at radius 1 is 1.20 bits per heavy atom. The quantitative estimate of drug-likeness (QED) is 0.600. The van der Waals surface area contributed by atoms with Crippen molar-refractivity contribution in [3.05, 3.63) is 40.8 Å². The number of thioether (sulfide) groups is 2. The zero-order valence-electron chi connectivity index (χ0n) is 12.6. The van der Waals surface area contributed by atoms with Gasteiger partial charge in [0.15, 0.2) is 4.32 Å². The summed E-state index contributed by atoms with van der Waals surface area (Å²) in [6.07, 6.45) is 1.73. The van der Waals surface area contributed by atoms with Gasteiger partial charge in [-0.05, 0) is 11.6 Å². The first-order valence-electron chi connectivity index (χ1n) is 7.05. The third kappa shape index (κ3) is 4.09. The van der Waals surface area contributed by atoms with Crippen molar-refractivity contribution >= 4 is 80.4 Å². The van der Waals surface area contributed by atoms with Crippen LogP contribution in [0.1, 0.15) is 5.56 Å². The molecule has 1 aromatic carbocycles. The minimum atomic E-state index is -0.532. The second-order valence-electron chi connectivity index (χ2n) is 5.00. The lowest BCUT2D eigenvalue weighted by molar-refractivity contribution is -0.135. The van der Waals surface area contributed by atoms with Crippen LogP contribution < -0.4 is 5.43 Å². The van der Waals surface area contributed by atoms with E-state index in [0.29, 0.717) is 9.23 Å². The molecule has 0 bridgehead atoms. The Labute approximate surface area is 163 Å². The highest BCUT2D eigenvalue weighted by Crippen LogP contribution is 2.32.